The van der Waals surface area contributed by atoms with Crippen molar-refractivity contribution in [2.75, 3.05) is 19.7 Å². The van der Waals surface area contributed by atoms with Gasteiger partial charge in [-0.1, -0.05) is 6.92 Å². The third-order valence-corrected chi connectivity index (χ3v) is 3.48. The molecule has 1 heterocycles. The fourth-order valence-corrected chi connectivity index (χ4v) is 2.45. The van der Waals surface area contributed by atoms with Crippen molar-refractivity contribution in [1.82, 2.24) is 10.2 Å². The Labute approximate surface area is 113 Å². The van der Waals surface area contributed by atoms with Gasteiger partial charge in [0.1, 0.15) is 0 Å². The number of carbonyl (C=O) groups is 2. The maximum Gasteiger partial charge on any atom is 0.317 e. The molecular weight excluding hydrogens is 248 g/mol. The summed E-state index contributed by atoms with van der Waals surface area (Å²) in [6.07, 6.45) is 3.67. The molecule has 1 rings (SSSR count). The molecule has 1 aliphatic heterocycles. The summed E-state index contributed by atoms with van der Waals surface area (Å²) in [7, 11) is 0. The number of nitrogens with zero attached hydrogens (tertiary/aromatic N) is 1. The van der Waals surface area contributed by atoms with E-state index < -0.39 is 5.97 Å². The molecule has 6 heteroatoms. The second-order valence-corrected chi connectivity index (χ2v) is 5.24. The van der Waals surface area contributed by atoms with Crippen molar-refractivity contribution in [2.24, 2.45) is 5.92 Å². The summed E-state index contributed by atoms with van der Waals surface area (Å²) in [5.74, 6) is -0.930. The molecule has 1 fully saturated rings. The Bertz CT molecular complexity index is 307. The topological polar surface area (TPSA) is 89.9 Å². The predicted molar refractivity (Wildman–Crippen MR) is 70.9 cm³/mol. The fourth-order valence-electron chi connectivity index (χ4n) is 2.45. The quantitative estimate of drug-likeness (QED) is 0.674. The largest absolute Gasteiger partial charge is 0.481 e. The number of nitrogens with one attached hydrogen (secondary N) is 1. The normalized spacial score (nSPS) is 20.9. The van der Waals surface area contributed by atoms with Crippen LogP contribution in [-0.2, 0) is 4.79 Å². The monoisotopic (exact) mass is 272 g/mol. The lowest BCUT2D eigenvalue weighted by atomic mass is 10.00. The van der Waals surface area contributed by atoms with Crippen molar-refractivity contribution in [3.63, 3.8) is 0 Å². The van der Waals surface area contributed by atoms with Crippen LogP contribution in [0.3, 0.4) is 0 Å². The van der Waals surface area contributed by atoms with Crippen molar-refractivity contribution in [3.8, 4) is 0 Å². The van der Waals surface area contributed by atoms with E-state index in [0.29, 0.717) is 19.5 Å². The molecule has 0 aliphatic carbocycles. The lowest BCUT2D eigenvalue weighted by Gasteiger charge is -2.35. The Kier molecular flexibility index (Phi) is 6.62. The van der Waals surface area contributed by atoms with E-state index in [-0.39, 0.29) is 31.0 Å². The second-order valence-electron chi connectivity index (χ2n) is 5.24. The molecule has 0 aromatic heterocycles. The van der Waals surface area contributed by atoms with E-state index in [9.17, 15) is 9.59 Å². The van der Waals surface area contributed by atoms with E-state index in [4.69, 9.17) is 10.2 Å². The Morgan fingerprint density at radius 3 is 2.79 bits per heavy atom. The van der Waals surface area contributed by atoms with E-state index in [1.54, 1.807) is 11.8 Å². The minimum Gasteiger partial charge on any atom is -0.481 e. The molecule has 0 radical (unpaired) electrons. The summed E-state index contributed by atoms with van der Waals surface area (Å²) >= 11 is 0. The molecule has 2 atom stereocenters. The number of hydrogen-bond donors (Lipinski definition) is 3. The van der Waals surface area contributed by atoms with E-state index in [0.717, 1.165) is 19.3 Å². The van der Waals surface area contributed by atoms with Crippen LogP contribution in [0.4, 0.5) is 4.79 Å². The van der Waals surface area contributed by atoms with Crippen LogP contribution in [0, 0.1) is 5.92 Å². The molecule has 0 aromatic rings. The first-order valence-corrected chi connectivity index (χ1v) is 6.91. The molecule has 0 spiro atoms. The summed E-state index contributed by atoms with van der Waals surface area (Å²) in [5.41, 5.74) is 0. The number of aliphatic hydroxyl groups excluding tert-OH is 1. The maximum atomic E-state index is 12.1. The zero-order chi connectivity index (χ0) is 14.3. The summed E-state index contributed by atoms with van der Waals surface area (Å²) in [4.78, 5) is 24.4. The maximum absolute atomic E-state index is 12.1. The number of piperidine rings is 1. The molecule has 19 heavy (non-hydrogen) atoms. The molecule has 3 N–H and O–H groups in total. The van der Waals surface area contributed by atoms with Gasteiger partial charge in [0.05, 0.1) is 0 Å². The highest BCUT2D eigenvalue weighted by molar-refractivity contribution is 5.74. The van der Waals surface area contributed by atoms with Crippen molar-refractivity contribution >= 4 is 12.0 Å². The molecular formula is C13H24N2O4. The Morgan fingerprint density at radius 1 is 1.42 bits per heavy atom. The lowest BCUT2D eigenvalue weighted by molar-refractivity contribution is -0.137. The zero-order valence-electron chi connectivity index (χ0n) is 11.5. The van der Waals surface area contributed by atoms with Crippen LogP contribution < -0.4 is 5.32 Å². The third-order valence-electron chi connectivity index (χ3n) is 3.48. The Hall–Kier alpha value is -1.30. The van der Waals surface area contributed by atoms with Crippen molar-refractivity contribution < 1.29 is 19.8 Å². The van der Waals surface area contributed by atoms with Crippen LogP contribution in [0.15, 0.2) is 0 Å². The Balaban J connectivity index is 2.39. The smallest absolute Gasteiger partial charge is 0.317 e. The highest BCUT2D eigenvalue weighted by Gasteiger charge is 2.26. The third kappa shape index (κ3) is 5.46. The molecule has 0 aromatic carbocycles. The van der Waals surface area contributed by atoms with Crippen LogP contribution in [0.2, 0.25) is 0 Å². The minimum absolute atomic E-state index is 0.0559. The molecule has 1 saturated heterocycles. The van der Waals surface area contributed by atoms with Gasteiger partial charge in [-0.15, -0.1) is 0 Å². The van der Waals surface area contributed by atoms with Crippen molar-refractivity contribution in [1.29, 1.82) is 0 Å². The van der Waals surface area contributed by atoms with Gasteiger partial charge in [-0.25, -0.2) is 4.79 Å². The Morgan fingerprint density at radius 2 is 2.16 bits per heavy atom. The number of aliphatic carboxylic acids is 1. The number of carbonyl (C=O) groups excluding carboxylic acids is 1. The number of hydrogen-bond acceptors (Lipinski definition) is 3. The van der Waals surface area contributed by atoms with E-state index >= 15 is 0 Å². The van der Waals surface area contributed by atoms with Crippen molar-refractivity contribution in [3.05, 3.63) is 0 Å². The molecule has 0 saturated carbocycles. The molecule has 6 nitrogen and oxygen atoms in total. The van der Waals surface area contributed by atoms with E-state index in [2.05, 4.69) is 5.32 Å². The summed E-state index contributed by atoms with van der Waals surface area (Å²) in [6.45, 7) is 2.97. The van der Waals surface area contributed by atoms with Crippen LogP contribution in [0.5, 0.6) is 0 Å². The number of urea groups is 1. The first kappa shape index (κ1) is 15.8. The molecule has 1 aliphatic rings. The number of rotatable bonds is 6. The first-order valence-electron chi connectivity index (χ1n) is 6.91. The molecule has 2 amide bonds. The second kappa shape index (κ2) is 7.99. The number of carboxylic acids is 1. The predicted octanol–water partition coefficient (Wildman–Crippen LogP) is 1.04. The van der Waals surface area contributed by atoms with Gasteiger partial charge in [-0.05, 0) is 31.6 Å². The van der Waals surface area contributed by atoms with Gasteiger partial charge in [0.2, 0.25) is 0 Å². The number of amides is 2. The average molecular weight is 272 g/mol. The van der Waals surface area contributed by atoms with E-state index in [1.807, 2.05) is 0 Å². The van der Waals surface area contributed by atoms with Crippen LogP contribution >= 0.6 is 0 Å². The van der Waals surface area contributed by atoms with E-state index in [1.165, 1.54) is 0 Å². The van der Waals surface area contributed by atoms with Gasteiger partial charge < -0.3 is 20.4 Å². The lowest BCUT2D eigenvalue weighted by Crippen LogP contribution is -2.49. The van der Waals surface area contributed by atoms with Crippen molar-refractivity contribution in [2.45, 2.75) is 45.1 Å². The highest BCUT2D eigenvalue weighted by atomic mass is 16.4. The SMILES string of the molecule is CC(CNC(=O)N1CCCCC1CCO)CC(=O)O. The highest BCUT2D eigenvalue weighted by Crippen LogP contribution is 2.19. The van der Waals surface area contributed by atoms with Crippen LogP contribution in [-0.4, -0.2) is 52.9 Å². The van der Waals surface area contributed by atoms with Gasteiger partial charge in [0.25, 0.3) is 0 Å². The molecule has 0 bridgehead atoms. The summed E-state index contributed by atoms with van der Waals surface area (Å²) in [6, 6.07) is -0.0380. The molecule has 2 unspecified atom stereocenters. The van der Waals surface area contributed by atoms with Crippen LogP contribution in [0.25, 0.3) is 0 Å². The standard InChI is InChI=1S/C13H24N2O4/c1-10(8-12(17)18)9-14-13(19)15-6-3-2-4-11(15)5-7-16/h10-11,16H,2-9H2,1H3,(H,14,19)(H,17,18). The number of aliphatic hydroxyl groups is 1. The van der Waals surface area contributed by atoms with Gasteiger partial charge in [-0.3, -0.25) is 4.79 Å². The molecule has 110 valence electrons. The minimum atomic E-state index is -0.849. The first-order chi connectivity index (χ1) is 9.04. The van der Waals surface area contributed by atoms with Gasteiger partial charge in [0, 0.05) is 32.2 Å². The number of likely N-dealkylation sites (tertiary alicyclic amines) is 1. The van der Waals surface area contributed by atoms with Crippen LogP contribution in [0.1, 0.15) is 39.0 Å². The summed E-state index contributed by atoms with van der Waals surface area (Å²) < 4.78 is 0. The zero-order valence-corrected chi connectivity index (χ0v) is 11.5. The average Bonchev–Trinajstić information content (AvgIpc) is 2.36. The number of carboxylic acid groups (broad SMARTS) is 1. The van der Waals surface area contributed by atoms with Gasteiger partial charge >= 0.3 is 12.0 Å². The fraction of sp³-hybridized carbons (Fsp3) is 0.846. The van der Waals surface area contributed by atoms with Gasteiger partial charge in [0.15, 0.2) is 0 Å². The van der Waals surface area contributed by atoms with Gasteiger partial charge in [-0.2, -0.15) is 0 Å². The summed E-state index contributed by atoms with van der Waals surface area (Å²) in [5, 5.41) is 20.5.